The van der Waals surface area contributed by atoms with E-state index in [-0.39, 0.29) is 24.7 Å². The Hall–Kier alpha value is -2.26. The maximum atomic E-state index is 12.1. The first-order valence-electron chi connectivity index (χ1n) is 7.68. The Balaban J connectivity index is 1.49. The number of hydrogen-bond donors (Lipinski definition) is 0. The lowest BCUT2D eigenvalue weighted by molar-refractivity contribution is -0.138. The van der Waals surface area contributed by atoms with Crippen molar-refractivity contribution >= 4 is 38.9 Å². The van der Waals surface area contributed by atoms with Crippen LogP contribution in [-0.2, 0) is 19.6 Å². The van der Waals surface area contributed by atoms with Crippen LogP contribution in [0.15, 0.2) is 45.8 Å². The van der Waals surface area contributed by atoms with Crippen molar-refractivity contribution in [3.05, 3.63) is 46.3 Å². The Bertz CT molecular complexity index is 866. The summed E-state index contributed by atoms with van der Waals surface area (Å²) in [6.45, 7) is 0.397. The minimum Gasteiger partial charge on any atom is -0.462 e. The maximum absolute atomic E-state index is 12.1. The van der Waals surface area contributed by atoms with Crippen LogP contribution in [0.3, 0.4) is 0 Å². The molecule has 2 aliphatic heterocycles. The van der Waals surface area contributed by atoms with Crippen molar-refractivity contribution in [1.82, 2.24) is 4.90 Å². The molecule has 0 bridgehead atoms. The number of rotatable bonds is 6. The Kier molecular flexibility index (Phi) is 5.14. The minimum absolute atomic E-state index is 0.0400. The molecule has 3 rings (SSSR count). The lowest BCUT2D eigenvalue weighted by Gasteiger charge is -2.26. The molecule has 0 aromatic carbocycles. The summed E-state index contributed by atoms with van der Waals surface area (Å²) in [7, 11) is -3.42. The Morgan fingerprint density at radius 1 is 1.32 bits per heavy atom. The van der Waals surface area contributed by atoms with Crippen LogP contribution in [0.25, 0.3) is 0 Å². The topological polar surface area (TPSA) is 93.1 Å². The summed E-state index contributed by atoms with van der Waals surface area (Å²) in [4.78, 5) is 26.2. The first-order chi connectivity index (χ1) is 11.9. The molecule has 0 aliphatic carbocycles. The average molecular weight is 380 g/mol. The molecule has 3 heterocycles. The van der Waals surface area contributed by atoms with Gasteiger partial charge in [-0.3, -0.25) is 4.79 Å². The molecule has 2 aliphatic rings. The fraction of sp³-hybridized carbons (Fsp3) is 0.312. The van der Waals surface area contributed by atoms with Crippen molar-refractivity contribution in [3.63, 3.8) is 0 Å². The quantitative estimate of drug-likeness (QED) is 0.424. The lowest BCUT2D eigenvalue weighted by Crippen LogP contribution is -2.37. The highest BCUT2D eigenvalue weighted by molar-refractivity contribution is 7.90. The molecular weight excluding hydrogens is 364 g/mol. The van der Waals surface area contributed by atoms with E-state index in [1.54, 1.807) is 11.0 Å². The van der Waals surface area contributed by atoms with Gasteiger partial charge in [0.05, 0.1) is 22.8 Å². The number of ether oxygens (including phenoxy) is 1. The second-order valence-corrected chi connectivity index (χ2v) is 8.19. The van der Waals surface area contributed by atoms with E-state index in [9.17, 15) is 18.0 Å². The molecule has 25 heavy (non-hydrogen) atoms. The van der Waals surface area contributed by atoms with Crippen molar-refractivity contribution in [3.8, 4) is 0 Å². The van der Waals surface area contributed by atoms with Crippen molar-refractivity contribution in [2.45, 2.75) is 12.8 Å². The molecule has 0 spiro atoms. The van der Waals surface area contributed by atoms with Gasteiger partial charge < -0.3 is 9.64 Å². The number of carbonyl (C=O) groups is 2. The monoisotopic (exact) mass is 380 g/mol. The van der Waals surface area contributed by atoms with E-state index in [4.69, 9.17) is 4.74 Å². The van der Waals surface area contributed by atoms with Crippen molar-refractivity contribution < 1.29 is 22.7 Å². The predicted molar refractivity (Wildman–Crippen MR) is 94.0 cm³/mol. The van der Waals surface area contributed by atoms with Crippen LogP contribution < -0.4 is 0 Å². The van der Waals surface area contributed by atoms with Crippen molar-refractivity contribution in [2.24, 2.45) is 4.40 Å². The molecule has 0 N–H and O–H groups in total. The van der Waals surface area contributed by atoms with E-state index in [1.807, 2.05) is 11.4 Å². The first-order valence-corrected chi connectivity index (χ1v) is 10.2. The van der Waals surface area contributed by atoms with Crippen LogP contribution in [0.4, 0.5) is 0 Å². The third kappa shape index (κ3) is 4.43. The lowest BCUT2D eigenvalue weighted by atomic mass is 10.2. The summed E-state index contributed by atoms with van der Waals surface area (Å²) in [6.07, 6.45) is 5.27. The van der Waals surface area contributed by atoms with Gasteiger partial charge in [0, 0.05) is 19.2 Å². The number of hydrogen-bond acceptors (Lipinski definition) is 7. The fourth-order valence-corrected chi connectivity index (χ4v) is 4.03. The van der Waals surface area contributed by atoms with Crippen LogP contribution in [0, 0.1) is 0 Å². The SMILES string of the molecule is O=C(OCCCC(=O)c1cccs1)C1=CN2CCS(=O)(=O)N=C2C=C1. The van der Waals surface area contributed by atoms with Crippen LogP contribution in [0.5, 0.6) is 0 Å². The molecule has 0 atom stereocenters. The molecular formula is C16H16N2O5S2. The van der Waals surface area contributed by atoms with E-state index in [1.165, 1.54) is 29.7 Å². The second kappa shape index (κ2) is 7.32. The molecule has 0 unspecified atom stereocenters. The van der Waals surface area contributed by atoms with Gasteiger partial charge in [-0.25, -0.2) is 13.2 Å². The fourth-order valence-electron chi connectivity index (χ4n) is 2.36. The highest BCUT2D eigenvalue weighted by atomic mass is 32.2. The van der Waals surface area contributed by atoms with Gasteiger partial charge in [0.1, 0.15) is 5.84 Å². The van der Waals surface area contributed by atoms with Crippen LogP contribution in [0.2, 0.25) is 0 Å². The summed E-state index contributed by atoms with van der Waals surface area (Å²) in [5.74, 6) is -0.261. The molecule has 0 saturated heterocycles. The highest BCUT2D eigenvalue weighted by Crippen LogP contribution is 2.17. The van der Waals surface area contributed by atoms with Crippen LogP contribution in [-0.4, -0.2) is 49.8 Å². The zero-order chi connectivity index (χ0) is 17.9. The number of esters is 1. The largest absolute Gasteiger partial charge is 0.462 e. The number of nitrogens with zero attached hydrogens (tertiary/aromatic N) is 2. The number of fused-ring (bicyclic) bond motifs is 1. The third-order valence-electron chi connectivity index (χ3n) is 3.64. The molecule has 1 aromatic rings. The van der Waals surface area contributed by atoms with E-state index in [0.717, 1.165) is 0 Å². The second-order valence-electron chi connectivity index (χ2n) is 5.49. The molecule has 0 saturated carbocycles. The Labute approximate surface area is 149 Å². The summed E-state index contributed by atoms with van der Waals surface area (Å²) >= 11 is 1.39. The normalized spacial score (nSPS) is 18.2. The highest BCUT2D eigenvalue weighted by Gasteiger charge is 2.25. The van der Waals surface area contributed by atoms with Crippen LogP contribution >= 0.6 is 11.3 Å². The van der Waals surface area contributed by atoms with Gasteiger partial charge in [-0.1, -0.05) is 6.07 Å². The molecule has 1 aromatic heterocycles. The molecule has 9 heteroatoms. The number of Topliss-reactive ketones (excluding diaryl/α,β-unsaturated/α-hetero) is 1. The van der Waals surface area contributed by atoms with Gasteiger partial charge in [-0.15, -0.1) is 15.7 Å². The number of carbonyl (C=O) groups excluding carboxylic acids is 2. The van der Waals surface area contributed by atoms with Gasteiger partial charge in [0.25, 0.3) is 10.0 Å². The summed E-state index contributed by atoms with van der Waals surface area (Å²) in [6, 6.07) is 3.60. The molecule has 0 amide bonds. The third-order valence-corrected chi connectivity index (χ3v) is 5.71. The standard InChI is InChI=1S/C16H16N2O5S2/c19-13(14-4-2-9-24-14)3-1-8-23-16(20)12-5-6-15-17-25(21,22)10-7-18(15)11-12/h2,4-6,9,11H,1,3,7-8,10H2. The summed E-state index contributed by atoms with van der Waals surface area (Å²) in [5.41, 5.74) is 0.322. The predicted octanol–water partition coefficient (Wildman–Crippen LogP) is 1.75. The van der Waals surface area contributed by atoms with Crippen molar-refractivity contribution in [2.75, 3.05) is 18.9 Å². The smallest absolute Gasteiger partial charge is 0.339 e. The maximum Gasteiger partial charge on any atom is 0.339 e. The molecule has 7 nitrogen and oxygen atoms in total. The zero-order valence-corrected chi connectivity index (χ0v) is 14.9. The minimum atomic E-state index is -3.42. The van der Waals surface area contributed by atoms with Gasteiger partial charge in [0.15, 0.2) is 5.78 Å². The van der Waals surface area contributed by atoms with Crippen LogP contribution in [0.1, 0.15) is 22.5 Å². The van der Waals surface area contributed by atoms with E-state index in [2.05, 4.69) is 4.40 Å². The van der Waals surface area contributed by atoms with Gasteiger partial charge in [0.2, 0.25) is 0 Å². The van der Waals surface area contributed by atoms with Crippen molar-refractivity contribution in [1.29, 1.82) is 0 Å². The zero-order valence-electron chi connectivity index (χ0n) is 13.3. The summed E-state index contributed by atoms with van der Waals surface area (Å²) in [5, 5.41) is 1.85. The van der Waals surface area contributed by atoms with Gasteiger partial charge in [-0.2, -0.15) is 0 Å². The van der Waals surface area contributed by atoms with E-state index in [0.29, 0.717) is 29.1 Å². The molecule has 0 radical (unpaired) electrons. The first kappa shape index (κ1) is 17.6. The molecule has 0 fully saturated rings. The van der Waals surface area contributed by atoms with Gasteiger partial charge >= 0.3 is 5.97 Å². The number of amidine groups is 1. The summed E-state index contributed by atoms with van der Waals surface area (Å²) < 4.78 is 31.7. The Morgan fingerprint density at radius 3 is 2.92 bits per heavy atom. The van der Waals surface area contributed by atoms with E-state index >= 15 is 0 Å². The number of ketones is 1. The number of thiophene rings is 1. The Morgan fingerprint density at radius 2 is 2.16 bits per heavy atom. The molecule has 132 valence electrons. The number of sulfonamides is 1. The van der Waals surface area contributed by atoms with E-state index < -0.39 is 16.0 Å². The average Bonchev–Trinajstić information content (AvgIpc) is 3.12. The van der Waals surface area contributed by atoms with Gasteiger partial charge in [-0.05, 0) is 30.0 Å².